The highest BCUT2D eigenvalue weighted by atomic mass is 16.5. The standard InChI is InChI=1S/C31H31NO4/c1-34-26-7-5-6-23(20-26)28-14-10-24-21-27(35-2)13-15-29(24)30(28)31(33)22-8-11-25(12-9-22)36-19-18-32-16-3-4-17-32/h5-15,20-21H,3-4,16-19H2,1-2H3. The minimum atomic E-state index is -0.0350. The molecule has 0 unspecified atom stereocenters. The van der Waals surface area contributed by atoms with Gasteiger partial charge in [0.1, 0.15) is 23.9 Å². The minimum Gasteiger partial charge on any atom is -0.497 e. The molecule has 0 atom stereocenters. The van der Waals surface area contributed by atoms with Gasteiger partial charge in [0.2, 0.25) is 0 Å². The molecule has 5 nitrogen and oxygen atoms in total. The Hall–Kier alpha value is -3.83. The van der Waals surface area contributed by atoms with Crippen LogP contribution in [0.15, 0.2) is 78.9 Å². The summed E-state index contributed by atoms with van der Waals surface area (Å²) in [5.74, 6) is 2.25. The summed E-state index contributed by atoms with van der Waals surface area (Å²) in [7, 11) is 3.29. The fourth-order valence-electron chi connectivity index (χ4n) is 4.86. The summed E-state index contributed by atoms with van der Waals surface area (Å²) in [6.45, 7) is 3.90. The second kappa shape index (κ2) is 10.8. The predicted octanol–water partition coefficient (Wildman–Crippen LogP) is 6.23. The van der Waals surface area contributed by atoms with Gasteiger partial charge in [-0.3, -0.25) is 9.69 Å². The molecule has 0 N–H and O–H groups in total. The van der Waals surface area contributed by atoms with Gasteiger partial charge in [-0.15, -0.1) is 0 Å². The van der Waals surface area contributed by atoms with Crippen molar-refractivity contribution in [3.8, 4) is 28.4 Å². The fourth-order valence-corrected chi connectivity index (χ4v) is 4.86. The van der Waals surface area contributed by atoms with Gasteiger partial charge in [-0.1, -0.05) is 24.3 Å². The summed E-state index contributed by atoms with van der Waals surface area (Å²) in [6, 6.07) is 25.1. The molecular formula is C31H31NO4. The number of hydrogen-bond donors (Lipinski definition) is 0. The van der Waals surface area contributed by atoms with Gasteiger partial charge in [-0.05, 0) is 102 Å². The highest BCUT2D eigenvalue weighted by Gasteiger charge is 2.19. The van der Waals surface area contributed by atoms with E-state index in [-0.39, 0.29) is 5.78 Å². The lowest BCUT2D eigenvalue weighted by Crippen LogP contribution is -2.25. The van der Waals surface area contributed by atoms with Crippen molar-refractivity contribution in [2.45, 2.75) is 12.8 Å². The van der Waals surface area contributed by atoms with Gasteiger partial charge in [-0.2, -0.15) is 0 Å². The van der Waals surface area contributed by atoms with Crippen molar-refractivity contribution in [2.24, 2.45) is 0 Å². The largest absolute Gasteiger partial charge is 0.497 e. The van der Waals surface area contributed by atoms with Crippen LogP contribution in [-0.4, -0.2) is 51.1 Å². The van der Waals surface area contributed by atoms with Crippen LogP contribution in [0.25, 0.3) is 21.9 Å². The molecule has 4 aromatic rings. The molecule has 1 fully saturated rings. The lowest BCUT2D eigenvalue weighted by atomic mass is 9.89. The Morgan fingerprint density at radius 3 is 2.28 bits per heavy atom. The number of carbonyl (C=O) groups is 1. The Morgan fingerprint density at radius 1 is 0.806 bits per heavy atom. The van der Waals surface area contributed by atoms with Crippen molar-refractivity contribution in [2.75, 3.05) is 40.5 Å². The molecule has 184 valence electrons. The summed E-state index contributed by atoms with van der Waals surface area (Å²) in [4.78, 5) is 16.4. The molecule has 0 aromatic heterocycles. The zero-order valence-corrected chi connectivity index (χ0v) is 20.8. The Labute approximate surface area is 212 Å². The molecule has 4 aromatic carbocycles. The normalized spacial score (nSPS) is 13.6. The number of hydrogen-bond acceptors (Lipinski definition) is 5. The van der Waals surface area contributed by atoms with Gasteiger partial charge in [0.25, 0.3) is 0 Å². The lowest BCUT2D eigenvalue weighted by molar-refractivity contribution is 0.104. The maximum atomic E-state index is 14.0. The summed E-state index contributed by atoms with van der Waals surface area (Å²) in [5.41, 5.74) is 3.07. The van der Waals surface area contributed by atoms with E-state index in [2.05, 4.69) is 4.90 Å². The van der Waals surface area contributed by atoms with Gasteiger partial charge in [0, 0.05) is 17.7 Å². The molecule has 5 heteroatoms. The first kappa shape index (κ1) is 23.9. The Kier molecular flexibility index (Phi) is 7.19. The number of fused-ring (bicyclic) bond motifs is 1. The zero-order valence-electron chi connectivity index (χ0n) is 20.8. The van der Waals surface area contributed by atoms with Gasteiger partial charge >= 0.3 is 0 Å². The topological polar surface area (TPSA) is 48.0 Å². The van der Waals surface area contributed by atoms with E-state index in [0.717, 1.165) is 58.8 Å². The number of benzene rings is 4. The molecule has 0 saturated carbocycles. The smallest absolute Gasteiger partial charge is 0.194 e. The molecule has 1 aliphatic rings. The Bertz CT molecular complexity index is 1360. The Morgan fingerprint density at radius 2 is 1.53 bits per heavy atom. The van der Waals surface area contributed by atoms with Crippen LogP contribution >= 0.6 is 0 Å². The first-order valence-corrected chi connectivity index (χ1v) is 12.4. The van der Waals surface area contributed by atoms with Crippen LogP contribution in [0, 0.1) is 0 Å². The number of ether oxygens (including phenoxy) is 3. The number of rotatable bonds is 9. The van der Waals surface area contributed by atoms with Crippen molar-refractivity contribution >= 4 is 16.6 Å². The first-order chi connectivity index (χ1) is 17.7. The summed E-state index contributed by atoms with van der Waals surface area (Å²) in [6.07, 6.45) is 2.55. The molecule has 1 aliphatic heterocycles. The van der Waals surface area contributed by atoms with Crippen molar-refractivity contribution in [3.05, 3.63) is 90.0 Å². The van der Waals surface area contributed by atoms with Crippen LogP contribution in [0.1, 0.15) is 28.8 Å². The highest BCUT2D eigenvalue weighted by molar-refractivity contribution is 6.20. The first-order valence-electron chi connectivity index (χ1n) is 12.4. The third-order valence-corrected chi connectivity index (χ3v) is 6.83. The lowest BCUT2D eigenvalue weighted by Gasteiger charge is -2.16. The minimum absolute atomic E-state index is 0.0350. The summed E-state index contributed by atoms with van der Waals surface area (Å²) >= 11 is 0. The molecule has 1 heterocycles. The molecule has 0 aliphatic carbocycles. The number of ketones is 1. The molecule has 0 radical (unpaired) electrons. The Balaban J connectivity index is 1.47. The predicted molar refractivity (Wildman–Crippen MR) is 144 cm³/mol. The number of nitrogens with zero attached hydrogens (tertiary/aromatic N) is 1. The second-order valence-corrected chi connectivity index (χ2v) is 9.06. The number of likely N-dealkylation sites (tertiary alicyclic amines) is 1. The second-order valence-electron chi connectivity index (χ2n) is 9.06. The molecule has 1 saturated heterocycles. The van der Waals surface area contributed by atoms with Crippen LogP contribution < -0.4 is 14.2 Å². The van der Waals surface area contributed by atoms with E-state index in [1.807, 2.05) is 78.9 Å². The van der Waals surface area contributed by atoms with Crippen LogP contribution in [0.4, 0.5) is 0 Å². The van der Waals surface area contributed by atoms with Crippen molar-refractivity contribution in [1.29, 1.82) is 0 Å². The quantitative estimate of drug-likeness (QED) is 0.265. The van der Waals surface area contributed by atoms with Crippen LogP contribution in [0.2, 0.25) is 0 Å². The van der Waals surface area contributed by atoms with Crippen molar-refractivity contribution in [3.63, 3.8) is 0 Å². The number of methoxy groups -OCH3 is 2. The van der Waals surface area contributed by atoms with Gasteiger partial charge in [-0.25, -0.2) is 0 Å². The molecule has 0 amide bonds. The monoisotopic (exact) mass is 481 g/mol. The van der Waals surface area contributed by atoms with Crippen LogP contribution in [0.3, 0.4) is 0 Å². The van der Waals surface area contributed by atoms with Gasteiger partial charge < -0.3 is 14.2 Å². The zero-order chi connectivity index (χ0) is 24.9. The van der Waals surface area contributed by atoms with Crippen LogP contribution in [-0.2, 0) is 0 Å². The van der Waals surface area contributed by atoms with E-state index in [0.29, 0.717) is 17.7 Å². The SMILES string of the molecule is COc1cccc(-c2ccc3cc(OC)ccc3c2C(=O)c2ccc(OCCN3CCCC3)cc2)c1. The molecule has 5 rings (SSSR count). The molecular weight excluding hydrogens is 450 g/mol. The van der Waals surface area contributed by atoms with E-state index in [4.69, 9.17) is 14.2 Å². The van der Waals surface area contributed by atoms with E-state index < -0.39 is 0 Å². The maximum absolute atomic E-state index is 14.0. The van der Waals surface area contributed by atoms with Crippen molar-refractivity contribution in [1.82, 2.24) is 4.90 Å². The van der Waals surface area contributed by atoms with E-state index in [1.165, 1.54) is 12.8 Å². The van der Waals surface area contributed by atoms with Crippen molar-refractivity contribution < 1.29 is 19.0 Å². The third-order valence-electron chi connectivity index (χ3n) is 6.83. The maximum Gasteiger partial charge on any atom is 0.194 e. The molecule has 0 bridgehead atoms. The molecule has 0 spiro atoms. The molecule has 36 heavy (non-hydrogen) atoms. The fraction of sp³-hybridized carbons (Fsp3) is 0.258. The van der Waals surface area contributed by atoms with E-state index in [1.54, 1.807) is 14.2 Å². The van der Waals surface area contributed by atoms with Gasteiger partial charge in [0.05, 0.1) is 14.2 Å². The van der Waals surface area contributed by atoms with E-state index >= 15 is 0 Å². The van der Waals surface area contributed by atoms with Gasteiger partial charge in [0.15, 0.2) is 5.78 Å². The highest BCUT2D eigenvalue weighted by Crippen LogP contribution is 2.35. The third kappa shape index (κ3) is 5.07. The summed E-state index contributed by atoms with van der Waals surface area (Å²) in [5, 5.41) is 1.83. The van der Waals surface area contributed by atoms with E-state index in [9.17, 15) is 4.79 Å². The van der Waals surface area contributed by atoms with Crippen LogP contribution in [0.5, 0.6) is 17.2 Å². The average Bonchev–Trinajstić information content (AvgIpc) is 3.45. The summed E-state index contributed by atoms with van der Waals surface area (Å²) < 4.78 is 16.8. The number of carbonyl (C=O) groups excluding carboxylic acids is 1. The average molecular weight is 482 g/mol.